The third-order valence-electron chi connectivity index (χ3n) is 3.07. The Labute approximate surface area is 121 Å². The Morgan fingerprint density at radius 2 is 1.95 bits per heavy atom. The van der Waals surface area contributed by atoms with Gasteiger partial charge in [0.2, 0.25) is 0 Å². The van der Waals surface area contributed by atoms with Crippen molar-refractivity contribution >= 4 is 27.3 Å². The number of hydrogen-bond acceptors (Lipinski definition) is 2. The number of likely N-dealkylation sites (N-methyl/N-ethyl adjacent to an activating group) is 1. The van der Waals surface area contributed by atoms with Crippen LogP contribution < -0.4 is 10.6 Å². The summed E-state index contributed by atoms with van der Waals surface area (Å²) in [5.41, 5.74) is 7.92. The lowest BCUT2D eigenvalue weighted by Gasteiger charge is -2.21. The Morgan fingerprint density at radius 3 is 2.68 bits per heavy atom. The molecule has 0 radical (unpaired) electrons. The van der Waals surface area contributed by atoms with Crippen molar-refractivity contribution in [2.24, 2.45) is 0 Å². The van der Waals surface area contributed by atoms with E-state index in [0.29, 0.717) is 0 Å². The zero-order valence-electron chi connectivity index (χ0n) is 10.7. The van der Waals surface area contributed by atoms with Crippen LogP contribution in [0.2, 0.25) is 0 Å². The van der Waals surface area contributed by atoms with Crippen LogP contribution in [0.3, 0.4) is 0 Å². The quantitative estimate of drug-likeness (QED) is 0.866. The van der Waals surface area contributed by atoms with Gasteiger partial charge in [-0.3, -0.25) is 0 Å². The monoisotopic (exact) mass is 322 g/mol. The summed E-state index contributed by atoms with van der Waals surface area (Å²) in [6, 6.07) is 13.1. The van der Waals surface area contributed by atoms with Gasteiger partial charge in [-0.15, -0.1) is 0 Å². The van der Waals surface area contributed by atoms with E-state index in [4.69, 9.17) is 5.73 Å². The lowest BCUT2D eigenvalue weighted by molar-refractivity contribution is 0.632. The zero-order chi connectivity index (χ0) is 13.8. The minimum atomic E-state index is -0.369. The fourth-order valence-electron chi connectivity index (χ4n) is 1.97. The number of halogens is 2. The highest BCUT2D eigenvalue weighted by Crippen LogP contribution is 2.24. The predicted molar refractivity (Wildman–Crippen MR) is 81.9 cm³/mol. The number of nitrogen functional groups attached to an aromatic ring is 1. The van der Waals surface area contributed by atoms with Gasteiger partial charge in [-0.1, -0.05) is 34.1 Å². The van der Waals surface area contributed by atoms with E-state index in [2.05, 4.69) is 28.1 Å². The Hall–Kier alpha value is -1.55. The molecule has 2 N–H and O–H groups in total. The van der Waals surface area contributed by atoms with Gasteiger partial charge in [-0.2, -0.15) is 0 Å². The average Bonchev–Trinajstić information content (AvgIpc) is 2.39. The van der Waals surface area contributed by atoms with Crippen LogP contribution in [-0.4, -0.2) is 13.6 Å². The Balaban J connectivity index is 2.05. The topological polar surface area (TPSA) is 29.3 Å². The molecule has 19 heavy (non-hydrogen) atoms. The highest BCUT2D eigenvalue weighted by molar-refractivity contribution is 9.10. The minimum absolute atomic E-state index is 0.208. The van der Waals surface area contributed by atoms with E-state index in [1.165, 1.54) is 11.6 Å². The Morgan fingerprint density at radius 1 is 1.21 bits per heavy atom. The molecule has 4 heteroatoms. The van der Waals surface area contributed by atoms with Crippen LogP contribution in [-0.2, 0) is 6.42 Å². The fourth-order valence-corrected chi connectivity index (χ4v) is 2.41. The number of anilines is 2. The first-order valence-electron chi connectivity index (χ1n) is 6.07. The molecule has 2 rings (SSSR count). The second-order valence-electron chi connectivity index (χ2n) is 4.47. The van der Waals surface area contributed by atoms with E-state index in [0.717, 1.165) is 23.1 Å². The van der Waals surface area contributed by atoms with Crippen LogP contribution >= 0.6 is 15.9 Å². The molecule has 2 aromatic rings. The molecule has 0 saturated heterocycles. The number of nitrogens with two attached hydrogens (primary N) is 1. The second-order valence-corrected chi connectivity index (χ2v) is 5.39. The standard InChI is InChI=1S/C15H16BrFN2/c1-19(14-7-3-6-13(17)15(14)18)9-8-11-4-2-5-12(16)10-11/h2-7,10H,8-9,18H2,1H3. The maximum Gasteiger partial charge on any atom is 0.148 e. The number of para-hydroxylation sites is 1. The number of rotatable bonds is 4. The first-order chi connectivity index (χ1) is 9.08. The molecule has 0 heterocycles. The van der Waals surface area contributed by atoms with Crippen LogP contribution in [0.25, 0.3) is 0 Å². The maximum atomic E-state index is 13.4. The third kappa shape index (κ3) is 3.47. The largest absolute Gasteiger partial charge is 0.395 e. The lowest BCUT2D eigenvalue weighted by atomic mass is 10.1. The summed E-state index contributed by atoms with van der Waals surface area (Å²) in [7, 11) is 1.92. The molecule has 0 atom stereocenters. The number of benzene rings is 2. The third-order valence-corrected chi connectivity index (χ3v) is 3.56. The van der Waals surface area contributed by atoms with Crippen LogP contribution in [0.4, 0.5) is 15.8 Å². The summed E-state index contributed by atoms with van der Waals surface area (Å²) >= 11 is 3.45. The van der Waals surface area contributed by atoms with Crippen molar-refractivity contribution in [3.05, 3.63) is 58.3 Å². The van der Waals surface area contributed by atoms with Crippen molar-refractivity contribution in [2.45, 2.75) is 6.42 Å². The summed E-state index contributed by atoms with van der Waals surface area (Å²) in [6.45, 7) is 0.782. The summed E-state index contributed by atoms with van der Waals surface area (Å²) in [6.07, 6.45) is 0.881. The molecule has 0 aliphatic rings. The summed E-state index contributed by atoms with van der Waals surface area (Å²) in [5, 5.41) is 0. The first kappa shape index (κ1) is 13.9. The molecule has 0 fully saturated rings. The van der Waals surface area contributed by atoms with E-state index in [1.54, 1.807) is 6.07 Å². The first-order valence-corrected chi connectivity index (χ1v) is 6.87. The van der Waals surface area contributed by atoms with E-state index < -0.39 is 0 Å². The SMILES string of the molecule is CN(CCc1cccc(Br)c1)c1cccc(F)c1N. The van der Waals surface area contributed by atoms with Crippen molar-refractivity contribution in [1.29, 1.82) is 0 Å². The van der Waals surface area contributed by atoms with Crippen molar-refractivity contribution in [3.63, 3.8) is 0 Å². The smallest absolute Gasteiger partial charge is 0.148 e. The van der Waals surface area contributed by atoms with Crippen LogP contribution in [0.5, 0.6) is 0 Å². The molecule has 0 aliphatic heterocycles. The predicted octanol–water partition coefficient (Wildman–Crippen LogP) is 3.85. The van der Waals surface area contributed by atoms with E-state index in [1.807, 2.05) is 30.1 Å². The molecule has 0 unspecified atom stereocenters. The van der Waals surface area contributed by atoms with Gasteiger partial charge in [0.25, 0.3) is 0 Å². The molecule has 100 valence electrons. The summed E-state index contributed by atoms with van der Waals surface area (Å²) in [4.78, 5) is 1.97. The highest BCUT2D eigenvalue weighted by atomic mass is 79.9. The van der Waals surface area contributed by atoms with Gasteiger partial charge in [0.1, 0.15) is 5.82 Å². The molecule has 0 aliphatic carbocycles. The fraction of sp³-hybridized carbons (Fsp3) is 0.200. The Kier molecular flexibility index (Phi) is 4.43. The lowest BCUT2D eigenvalue weighted by Crippen LogP contribution is -2.21. The highest BCUT2D eigenvalue weighted by Gasteiger charge is 2.08. The average molecular weight is 323 g/mol. The van der Waals surface area contributed by atoms with Gasteiger partial charge in [0.05, 0.1) is 11.4 Å². The molecule has 2 aromatic carbocycles. The van der Waals surface area contributed by atoms with E-state index in [-0.39, 0.29) is 11.5 Å². The van der Waals surface area contributed by atoms with Gasteiger partial charge < -0.3 is 10.6 Å². The minimum Gasteiger partial charge on any atom is -0.395 e. The van der Waals surface area contributed by atoms with Gasteiger partial charge in [-0.25, -0.2) is 4.39 Å². The van der Waals surface area contributed by atoms with E-state index >= 15 is 0 Å². The van der Waals surface area contributed by atoms with Crippen LogP contribution in [0, 0.1) is 5.82 Å². The second kappa shape index (κ2) is 6.06. The molecule has 0 aromatic heterocycles. The van der Waals surface area contributed by atoms with Crippen molar-refractivity contribution in [2.75, 3.05) is 24.2 Å². The molecule has 0 amide bonds. The maximum absolute atomic E-state index is 13.4. The van der Waals surface area contributed by atoms with Gasteiger partial charge >= 0.3 is 0 Å². The van der Waals surface area contributed by atoms with E-state index in [9.17, 15) is 4.39 Å². The van der Waals surface area contributed by atoms with Gasteiger partial charge in [0, 0.05) is 18.1 Å². The Bertz CT molecular complexity index is 572. The molecule has 0 bridgehead atoms. The van der Waals surface area contributed by atoms with Crippen molar-refractivity contribution in [3.8, 4) is 0 Å². The molecular weight excluding hydrogens is 307 g/mol. The number of nitrogens with zero attached hydrogens (tertiary/aromatic N) is 1. The molecular formula is C15H16BrFN2. The van der Waals surface area contributed by atoms with Crippen molar-refractivity contribution in [1.82, 2.24) is 0 Å². The number of hydrogen-bond donors (Lipinski definition) is 1. The summed E-state index contributed by atoms with van der Waals surface area (Å²) in [5.74, 6) is -0.369. The van der Waals surface area contributed by atoms with Crippen molar-refractivity contribution < 1.29 is 4.39 Å². The molecule has 0 spiro atoms. The molecule has 2 nitrogen and oxygen atoms in total. The van der Waals surface area contributed by atoms with Crippen LogP contribution in [0.1, 0.15) is 5.56 Å². The van der Waals surface area contributed by atoms with Gasteiger partial charge in [-0.05, 0) is 36.2 Å². The normalized spacial score (nSPS) is 10.5. The summed E-state index contributed by atoms with van der Waals surface area (Å²) < 4.78 is 14.5. The van der Waals surface area contributed by atoms with Crippen LogP contribution in [0.15, 0.2) is 46.9 Å². The zero-order valence-corrected chi connectivity index (χ0v) is 12.3. The molecule has 0 saturated carbocycles. The van der Waals surface area contributed by atoms with Gasteiger partial charge in [0.15, 0.2) is 0 Å².